The summed E-state index contributed by atoms with van der Waals surface area (Å²) in [5.41, 5.74) is 0.993. The predicted octanol–water partition coefficient (Wildman–Crippen LogP) is 5.02. The van der Waals surface area contributed by atoms with E-state index < -0.39 is 0 Å². The molecule has 0 nitrogen and oxygen atoms in total. The molecule has 88 valence electrons. The number of halogens is 3. The number of hydrogen-bond acceptors (Lipinski definition) is 1. The molecule has 0 unspecified atom stereocenters. The summed E-state index contributed by atoms with van der Waals surface area (Å²) >= 11 is 4.66. The molecule has 0 aromatic heterocycles. The van der Waals surface area contributed by atoms with Gasteiger partial charge in [-0.05, 0) is 51.8 Å². The first kappa shape index (κ1) is 12.6. The highest BCUT2D eigenvalue weighted by molar-refractivity contribution is 9.10. The van der Waals surface area contributed by atoms with Crippen molar-refractivity contribution in [3.63, 3.8) is 0 Å². The Labute approximate surface area is 111 Å². The summed E-state index contributed by atoms with van der Waals surface area (Å²) in [6, 6.07) is 11.3. The van der Waals surface area contributed by atoms with Gasteiger partial charge in [0.05, 0.1) is 4.47 Å². The monoisotopic (exact) mass is 314 g/mol. The maximum atomic E-state index is 13.0. The van der Waals surface area contributed by atoms with E-state index in [9.17, 15) is 8.78 Å². The average Bonchev–Trinajstić information content (AvgIpc) is 2.31. The predicted molar refractivity (Wildman–Crippen MR) is 70.1 cm³/mol. The molecule has 4 heteroatoms. The van der Waals surface area contributed by atoms with Gasteiger partial charge >= 0.3 is 0 Å². The Morgan fingerprint density at radius 2 is 1.88 bits per heavy atom. The van der Waals surface area contributed by atoms with E-state index in [1.165, 1.54) is 30.0 Å². The van der Waals surface area contributed by atoms with Crippen molar-refractivity contribution in [1.29, 1.82) is 0 Å². The fourth-order valence-electron chi connectivity index (χ4n) is 1.35. The van der Waals surface area contributed by atoms with Gasteiger partial charge in [-0.2, -0.15) is 0 Å². The first-order valence-corrected chi connectivity index (χ1v) is 6.75. The lowest BCUT2D eigenvalue weighted by atomic mass is 10.2. The summed E-state index contributed by atoms with van der Waals surface area (Å²) in [7, 11) is 0. The number of rotatable bonds is 3. The van der Waals surface area contributed by atoms with E-state index in [2.05, 4.69) is 15.9 Å². The minimum atomic E-state index is -0.274. The first-order chi connectivity index (χ1) is 8.15. The number of hydrogen-bond donors (Lipinski definition) is 0. The zero-order chi connectivity index (χ0) is 12.3. The third-order valence-corrected chi connectivity index (χ3v) is 3.86. The van der Waals surface area contributed by atoms with Crippen molar-refractivity contribution in [3.8, 4) is 0 Å². The molecular weight excluding hydrogens is 306 g/mol. The molecule has 0 heterocycles. The fraction of sp³-hybridized carbons (Fsp3) is 0.0769. The van der Waals surface area contributed by atoms with Crippen molar-refractivity contribution in [1.82, 2.24) is 0 Å². The normalized spacial score (nSPS) is 10.5. The molecule has 0 bridgehead atoms. The Morgan fingerprint density at radius 3 is 2.59 bits per heavy atom. The van der Waals surface area contributed by atoms with Crippen LogP contribution in [0.2, 0.25) is 0 Å². The van der Waals surface area contributed by atoms with Crippen LogP contribution in [0.3, 0.4) is 0 Å². The molecule has 0 N–H and O–H groups in total. The van der Waals surface area contributed by atoms with Gasteiger partial charge < -0.3 is 0 Å². The standard InChI is InChI=1S/C13H9BrF2S/c14-12-6-9(4-5-13(12)16)8-17-11-3-1-2-10(15)7-11/h1-7H,8H2. The molecule has 0 spiro atoms. The van der Waals surface area contributed by atoms with Crippen LogP contribution in [0.5, 0.6) is 0 Å². The van der Waals surface area contributed by atoms with Gasteiger partial charge in [0.1, 0.15) is 11.6 Å². The van der Waals surface area contributed by atoms with Crippen LogP contribution in [0.25, 0.3) is 0 Å². The maximum absolute atomic E-state index is 13.0. The first-order valence-electron chi connectivity index (χ1n) is 4.97. The van der Waals surface area contributed by atoms with E-state index in [1.54, 1.807) is 18.2 Å². The molecule has 0 saturated heterocycles. The summed E-state index contributed by atoms with van der Waals surface area (Å²) in [4.78, 5) is 0.866. The highest BCUT2D eigenvalue weighted by Crippen LogP contribution is 2.25. The van der Waals surface area contributed by atoms with Gasteiger partial charge in [-0.1, -0.05) is 12.1 Å². The summed E-state index contributed by atoms with van der Waals surface area (Å²) in [6.45, 7) is 0. The van der Waals surface area contributed by atoms with E-state index in [4.69, 9.17) is 0 Å². The van der Waals surface area contributed by atoms with Crippen LogP contribution >= 0.6 is 27.7 Å². The van der Waals surface area contributed by atoms with Gasteiger partial charge in [0.2, 0.25) is 0 Å². The third kappa shape index (κ3) is 3.54. The highest BCUT2D eigenvalue weighted by Gasteiger charge is 2.02. The molecule has 0 aliphatic heterocycles. The minimum absolute atomic E-state index is 0.240. The Balaban J connectivity index is 2.05. The Bertz CT molecular complexity index is 529. The fourth-order valence-corrected chi connectivity index (χ4v) is 2.66. The van der Waals surface area contributed by atoms with Gasteiger partial charge in [-0.3, -0.25) is 0 Å². The van der Waals surface area contributed by atoms with Crippen LogP contribution < -0.4 is 0 Å². The van der Waals surface area contributed by atoms with Crippen molar-refractivity contribution in [2.24, 2.45) is 0 Å². The molecule has 17 heavy (non-hydrogen) atoms. The molecule has 0 atom stereocenters. The Kier molecular flexibility index (Phi) is 4.18. The van der Waals surface area contributed by atoms with Crippen LogP contribution in [-0.2, 0) is 5.75 Å². The lowest BCUT2D eigenvalue weighted by molar-refractivity contribution is 0.620. The molecule has 2 aromatic rings. The molecular formula is C13H9BrF2S. The molecule has 2 aromatic carbocycles. The molecule has 0 aliphatic rings. The smallest absolute Gasteiger partial charge is 0.137 e. The van der Waals surface area contributed by atoms with Gasteiger partial charge in [0.25, 0.3) is 0 Å². The number of benzene rings is 2. The topological polar surface area (TPSA) is 0 Å². The SMILES string of the molecule is Fc1cccc(SCc2ccc(F)c(Br)c2)c1. The van der Waals surface area contributed by atoms with E-state index in [0.717, 1.165) is 10.5 Å². The summed E-state index contributed by atoms with van der Waals surface area (Å²) in [5, 5.41) is 0. The van der Waals surface area contributed by atoms with E-state index in [0.29, 0.717) is 10.2 Å². The van der Waals surface area contributed by atoms with Gasteiger partial charge in [0.15, 0.2) is 0 Å². The second-order valence-electron chi connectivity index (χ2n) is 3.49. The minimum Gasteiger partial charge on any atom is -0.207 e. The van der Waals surface area contributed by atoms with Crippen molar-refractivity contribution in [2.45, 2.75) is 10.6 Å². The molecule has 0 amide bonds. The van der Waals surface area contributed by atoms with Crippen LogP contribution in [0.15, 0.2) is 51.8 Å². The van der Waals surface area contributed by atoms with Crippen LogP contribution in [-0.4, -0.2) is 0 Å². The van der Waals surface area contributed by atoms with Crippen molar-refractivity contribution in [3.05, 3.63) is 64.1 Å². The van der Waals surface area contributed by atoms with Crippen molar-refractivity contribution < 1.29 is 8.78 Å². The Hall–Kier alpha value is -0.870. The molecule has 2 rings (SSSR count). The van der Waals surface area contributed by atoms with Crippen molar-refractivity contribution in [2.75, 3.05) is 0 Å². The molecule has 0 fully saturated rings. The van der Waals surface area contributed by atoms with E-state index in [1.807, 2.05) is 6.07 Å². The molecule has 0 radical (unpaired) electrons. The summed E-state index contributed by atoms with van der Waals surface area (Å²) in [6.07, 6.45) is 0. The number of thioether (sulfide) groups is 1. The summed E-state index contributed by atoms with van der Waals surface area (Å²) in [5.74, 6) is 0.169. The van der Waals surface area contributed by atoms with Crippen LogP contribution in [0.1, 0.15) is 5.56 Å². The largest absolute Gasteiger partial charge is 0.207 e. The van der Waals surface area contributed by atoms with Crippen molar-refractivity contribution >= 4 is 27.7 Å². The molecule has 0 aliphatic carbocycles. The van der Waals surface area contributed by atoms with Crippen LogP contribution in [0.4, 0.5) is 8.78 Å². The van der Waals surface area contributed by atoms with Gasteiger partial charge in [0, 0.05) is 10.6 Å². The third-order valence-electron chi connectivity index (χ3n) is 2.19. The second-order valence-corrected chi connectivity index (χ2v) is 5.40. The van der Waals surface area contributed by atoms with E-state index >= 15 is 0 Å². The Morgan fingerprint density at radius 1 is 1.06 bits per heavy atom. The lowest BCUT2D eigenvalue weighted by Crippen LogP contribution is -1.84. The molecule has 0 saturated carbocycles. The van der Waals surface area contributed by atoms with E-state index in [-0.39, 0.29) is 11.6 Å². The average molecular weight is 315 g/mol. The zero-order valence-corrected chi connectivity index (χ0v) is 11.2. The maximum Gasteiger partial charge on any atom is 0.137 e. The zero-order valence-electron chi connectivity index (χ0n) is 8.79. The quantitative estimate of drug-likeness (QED) is 0.717. The highest BCUT2D eigenvalue weighted by atomic mass is 79.9. The van der Waals surface area contributed by atoms with Gasteiger partial charge in [-0.25, -0.2) is 8.78 Å². The van der Waals surface area contributed by atoms with Gasteiger partial charge in [-0.15, -0.1) is 11.8 Å². The lowest BCUT2D eigenvalue weighted by Gasteiger charge is -2.03. The van der Waals surface area contributed by atoms with Crippen LogP contribution in [0, 0.1) is 11.6 Å². The second kappa shape index (κ2) is 5.65. The summed E-state index contributed by atoms with van der Waals surface area (Å²) < 4.78 is 26.4.